The first kappa shape index (κ1) is 19.0. The van der Waals surface area contributed by atoms with Gasteiger partial charge < -0.3 is 14.9 Å². The zero-order valence-corrected chi connectivity index (χ0v) is 16.9. The number of aliphatic hydroxyl groups excluding tert-OH is 1. The summed E-state index contributed by atoms with van der Waals surface area (Å²) in [6.45, 7) is 8.96. The van der Waals surface area contributed by atoms with Gasteiger partial charge in [-0.05, 0) is 18.9 Å². The van der Waals surface area contributed by atoms with Crippen LogP contribution >= 0.6 is 11.3 Å². The van der Waals surface area contributed by atoms with Crippen LogP contribution in [0.4, 0.5) is 0 Å². The minimum Gasteiger partial charge on any atom is -0.396 e. The number of nitrogens with zero attached hydrogens (tertiary/aromatic N) is 4. The highest BCUT2D eigenvalue weighted by atomic mass is 32.1. The van der Waals surface area contributed by atoms with E-state index in [1.54, 1.807) is 11.3 Å². The number of rotatable bonds is 6. The second kappa shape index (κ2) is 8.80. The number of piperazine rings is 1. The van der Waals surface area contributed by atoms with Crippen LogP contribution in [0.5, 0.6) is 0 Å². The first-order chi connectivity index (χ1) is 13.2. The molecule has 2 aliphatic rings. The van der Waals surface area contributed by atoms with Crippen LogP contribution in [-0.2, 0) is 6.54 Å². The van der Waals surface area contributed by atoms with E-state index in [9.17, 15) is 5.11 Å². The molecule has 6 heteroatoms. The largest absolute Gasteiger partial charge is 0.396 e. The molecule has 1 N–H and O–H groups in total. The number of aliphatic hydroxyl groups is 1. The van der Waals surface area contributed by atoms with Crippen molar-refractivity contribution in [2.45, 2.75) is 6.54 Å². The van der Waals surface area contributed by atoms with Crippen LogP contribution in [-0.4, -0.2) is 84.3 Å². The lowest BCUT2D eigenvalue weighted by Gasteiger charge is -2.34. The van der Waals surface area contributed by atoms with Crippen LogP contribution in [0, 0.1) is 11.8 Å². The predicted octanol–water partition coefficient (Wildman–Crippen LogP) is 2.10. The lowest BCUT2D eigenvalue weighted by Crippen LogP contribution is -2.47. The summed E-state index contributed by atoms with van der Waals surface area (Å²) in [4.78, 5) is 12.3. The van der Waals surface area contributed by atoms with Gasteiger partial charge in [0.1, 0.15) is 5.01 Å². The molecule has 1 aromatic heterocycles. The Morgan fingerprint density at radius 3 is 2.52 bits per heavy atom. The van der Waals surface area contributed by atoms with Gasteiger partial charge in [0, 0.05) is 63.4 Å². The van der Waals surface area contributed by atoms with E-state index in [0.29, 0.717) is 18.4 Å². The minimum absolute atomic E-state index is 0.294. The van der Waals surface area contributed by atoms with Gasteiger partial charge >= 0.3 is 0 Å². The molecule has 2 fully saturated rings. The summed E-state index contributed by atoms with van der Waals surface area (Å²) >= 11 is 1.75. The Bertz CT molecular complexity index is 714. The fourth-order valence-corrected chi connectivity index (χ4v) is 5.10. The highest BCUT2D eigenvalue weighted by molar-refractivity contribution is 7.09. The first-order valence-corrected chi connectivity index (χ1v) is 10.8. The van der Waals surface area contributed by atoms with Gasteiger partial charge in [-0.15, -0.1) is 11.3 Å². The topological polar surface area (TPSA) is 42.8 Å². The molecule has 2 saturated heterocycles. The van der Waals surface area contributed by atoms with E-state index >= 15 is 0 Å². The fraction of sp³-hybridized carbons (Fsp3) is 0.571. The maximum atomic E-state index is 9.88. The molecule has 0 radical (unpaired) electrons. The third-order valence-corrected chi connectivity index (χ3v) is 6.79. The third-order valence-electron chi connectivity index (χ3n) is 5.96. The maximum absolute atomic E-state index is 9.88. The maximum Gasteiger partial charge on any atom is 0.107 e. The lowest BCUT2D eigenvalue weighted by atomic mass is 9.96. The van der Waals surface area contributed by atoms with Crippen LogP contribution < -0.4 is 0 Å². The van der Waals surface area contributed by atoms with Gasteiger partial charge in [0.25, 0.3) is 0 Å². The molecule has 2 aliphatic heterocycles. The molecular formula is C21H30N4OS. The van der Waals surface area contributed by atoms with Crippen LogP contribution in [0.3, 0.4) is 0 Å². The van der Waals surface area contributed by atoms with E-state index < -0.39 is 0 Å². The molecular weight excluding hydrogens is 356 g/mol. The number of thiazole rings is 1. The molecule has 0 saturated carbocycles. The van der Waals surface area contributed by atoms with Gasteiger partial charge in [-0.25, -0.2) is 4.98 Å². The zero-order chi connectivity index (χ0) is 18.6. The molecule has 2 atom stereocenters. The van der Waals surface area contributed by atoms with E-state index in [-0.39, 0.29) is 0 Å². The van der Waals surface area contributed by atoms with Crippen molar-refractivity contribution in [2.24, 2.45) is 11.8 Å². The minimum atomic E-state index is 0.294. The highest BCUT2D eigenvalue weighted by Crippen LogP contribution is 2.28. The van der Waals surface area contributed by atoms with Crippen molar-refractivity contribution in [2.75, 3.05) is 59.5 Å². The average molecular weight is 387 g/mol. The van der Waals surface area contributed by atoms with Crippen LogP contribution in [0.25, 0.3) is 11.3 Å². The van der Waals surface area contributed by atoms with Crippen molar-refractivity contribution in [3.05, 3.63) is 40.7 Å². The highest BCUT2D eigenvalue weighted by Gasteiger charge is 2.34. The summed E-state index contributed by atoms with van der Waals surface area (Å²) in [5.74, 6) is 0.949. The molecule has 0 aliphatic carbocycles. The van der Waals surface area contributed by atoms with Gasteiger partial charge in [-0.3, -0.25) is 4.90 Å². The Hall–Kier alpha value is -1.31. The van der Waals surface area contributed by atoms with E-state index in [1.807, 2.05) is 6.07 Å². The van der Waals surface area contributed by atoms with E-state index in [1.165, 1.54) is 10.6 Å². The zero-order valence-electron chi connectivity index (χ0n) is 16.1. The van der Waals surface area contributed by atoms with Crippen molar-refractivity contribution < 1.29 is 5.11 Å². The second-order valence-electron chi connectivity index (χ2n) is 7.99. The van der Waals surface area contributed by atoms with Gasteiger partial charge in [0.2, 0.25) is 0 Å². The summed E-state index contributed by atoms with van der Waals surface area (Å²) in [5, 5.41) is 13.2. The Morgan fingerprint density at radius 2 is 1.78 bits per heavy atom. The summed E-state index contributed by atoms with van der Waals surface area (Å²) in [6, 6.07) is 10.4. The molecule has 146 valence electrons. The fourth-order valence-electron chi connectivity index (χ4n) is 4.26. The normalized spacial score (nSPS) is 25.3. The molecule has 27 heavy (non-hydrogen) atoms. The number of likely N-dealkylation sites (tertiary alicyclic amines) is 1. The van der Waals surface area contributed by atoms with Crippen molar-refractivity contribution in [1.29, 1.82) is 0 Å². The summed E-state index contributed by atoms with van der Waals surface area (Å²) in [5.41, 5.74) is 2.25. The number of hydrogen-bond donors (Lipinski definition) is 1. The van der Waals surface area contributed by atoms with Crippen molar-refractivity contribution in [3.63, 3.8) is 0 Å². The summed E-state index contributed by atoms with van der Waals surface area (Å²) in [6.07, 6.45) is 0. The van der Waals surface area contributed by atoms with Gasteiger partial charge in [0.15, 0.2) is 0 Å². The number of benzene rings is 1. The van der Waals surface area contributed by atoms with Crippen LogP contribution in [0.1, 0.15) is 5.01 Å². The van der Waals surface area contributed by atoms with Crippen LogP contribution in [0.15, 0.2) is 35.7 Å². The van der Waals surface area contributed by atoms with E-state index in [2.05, 4.69) is 51.4 Å². The SMILES string of the molecule is CN1CCN(CC2CN(Cc3nc(-c4ccccc4)cs3)CC2CO)CC1. The van der Waals surface area contributed by atoms with Gasteiger partial charge in [-0.1, -0.05) is 30.3 Å². The first-order valence-electron chi connectivity index (χ1n) is 9.95. The Balaban J connectivity index is 1.34. The Morgan fingerprint density at radius 1 is 1.04 bits per heavy atom. The molecule has 2 aromatic rings. The second-order valence-corrected chi connectivity index (χ2v) is 8.94. The average Bonchev–Trinajstić information content (AvgIpc) is 3.31. The molecule has 0 bridgehead atoms. The monoisotopic (exact) mass is 386 g/mol. The van der Waals surface area contributed by atoms with Crippen molar-refractivity contribution in [1.82, 2.24) is 19.7 Å². The molecule has 5 nitrogen and oxygen atoms in total. The van der Waals surface area contributed by atoms with E-state index in [0.717, 1.165) is 58.1 Å². The van der Waals surface area contributed by atoms with Crippen molar-refractivity contribution in [3.8, 4) is 11.3 Å². The summed E-state index contributed by atoms with van der Waals surface area (Å²) < 4.78 is 0. The molecule has 3 heterocycles. The van der Waals surface area contributed by atoms with Gasteiger partial charge in [0.05, 0.1) is 12.2 Å². The Kier molecular flexibility index (Phi) is 6.20. The molecule has 0 spiro atoms. The molecule has 2 unspecified atom stereocenters. The number of likely N-dealkylation sites (N-methyl/N-ethyl adjacent to an activating group) is 1. The van der Waals surface area contributed by atoms with Gasteiger partial charge in [-0.2, -0.15) is 0 Å². The predicted molar refractivity (Wildman–Crippen MR) is 111 cm³/mol. The standard InChI is InChI=1S/C21H30N4OS/c1-23-7-9-24(10-8-23)11-18-12-25(13-19(18)15-26)14-21-22-20(16-27-21)17-5-3-2-4-6-17/h2-6,16,18-19,26H,7-15H2,1H3. The molecule has 4 rings (SSSR count). The third kappa shape index (κ3) is 4.76. The smallest absolute Gasteiger partial charge is 0.107 e. The molecule has 0 amide bonds. The Labute approximate surface area is 166 Å². The lowest BCUT2D eigenvalue weighted by molar-refractivity contribution is 0.116. The number of hydrogen-bond acceptors (Lipinski definition) is 6. The summed E-state index contributed by atoms with van der Waals surface area (Å²) in [7, 11) is 2.20. The van der Waals surface area contributed by atoms with Crippen molar-refractivity contribution >= 4 is 11.3 Å². The van der Waals surface area contributed by atoms with Crippen LogP contribution in [0.2, 0.25) is 0 Å². The van der Waals surface area contributed by atoms with E-state index in [4.69, 9.17) is 4.98 Å². The number of aromatic nitrogens is 1. The quantitative estimate of drug-likeness (QED) is 0.824. The molecule has 1 aromatic carbocycles.